The molecule has 0 unspecified atom stereocenters. The fourth-order valence-electron chi connectivity index (χ4n) is 3.90. The Hall–Kier alpha value is -2.87. The highest BCUT2D eigenvalue weighted by molar-refractivity contribution is 6.30. The third kappa shape index (κ3) is 1.55. The van der Waals surface area contributed by atoms with Crippen LogP contribution in [-0.4, -0.2) is 9.55 Å². The lowest BCUT2D eigenvalue weighted by molar-refractivity contribution is 0.829. The molecule has 110 valence electrons. The van der Waals surface area contributed by atoms with Gasteiger partial charge in [0.25, 0.3) is 0 Å². The van der Waals surface area contributed by atoms with Gasteiger partial charge in [-0.3, -0.25) is 4.98 Å². The van der Waals surface area contributed by atoms with Crippen LogP contribution in [0.4, 0.5) is 0 Å². The van der Waals surface area contributed by atoms with E-state index in [2.05, 4.69) is 66.1 Å². The molecule has 0 fully saturated rings. The van der Waals surface area contributed by atoms with Crippen molar-refractivity contribution in [1.29, 1.82) is 0 Å². The summed E-state index contributed by atoms with van der Waals surface area (Å²) in [6.07, 6.45) is 1.89. The number of hydrogen-bond acceptors (Lipinski definition) is 1. The Morgan fingerprint density at radius 2 is 1.48 bits per heavy atom. The highest BCUT2D eigenvalue weighted by Crippen LogP contribution is 2.39. The summed E-state index contributed by atoms with van der Waals surface area (Å²) in [5, 5.41) is 6.39. The number of aromatic nitrogens is 2. The molecular weight excluding hydrogens is 280 g/mol. The van der Waals surface area contributed by atoms with Crippen LogP contribution in [0.15, 0.2) is 66.9 Å². The van der Waals surface area contributed by atoms with E-state index in [9.17, 15) is 0 Å². The number of hydrogen-bond donors (Lipinski definition) is 0. The summed E-state index contributed by atoms with van der Waals surface area (Å²) in [4.78, 5) is 4.69. The molecule has 0 N–H and O–H groups in total. The molecular formula is C21H16N2. The topological polar surface area (TPSA) is 17.8 Å². The fourth-order valence-corrected chi connectivity index (χ4v) is 3.90. The smallest absolute Gasteiger partial charge is 0.0788 e. The van der Waals surface area contributed by atoms with E-state index in [1.54, 1.807) is 0 Å². The monoisotopic (exact) mass is 296 g/mol. The van der Waals surface area contributed by atoms with Crippen molar-refractivity contribution < 1.29 is 0 Å². The molecule has 0 spiro atoms. The van der Waals surface area contributed by atoms with Crippen LogP contribution >= 0.6 is 0 Å². The zero-order valence-corrected chi connectivity index (χ0v) is 13.0. The van der Waals surface area contributed by atoms with Gasteiger partial charge in [0.15, 0.2) is 0 Å². The first kappa shape index (κ1) is 12.7. The van der Waals surface area contributed by atoms with Gasteiger partial charge in [-0.15, -0.1) is 0 Å². The van der Waals surface area contributed by atoms with E-state index in [0.717, 1.165) is 12.1 Å². The fraction of sp³-hybridized carbons (Fsp3) is 0.0952. The molecule has 0 aliphatic rings. The van der Waals surface area contributed by atoms with E-state index >= 15 is 0 Å². The Morgan fingerprint density at radius 1 is 0.783 bits per heavy atom. The summed E-state index contributed by atoms with van der Waals surface area (Å²) < 4.78 is 2.43. The highest BCUT2D eigenvalue weighted by atomic mass is 15.0. The summed E-state index contributed by atoms with van der Waals surface area (Å²) in [7, 11) is 0. The summed E-state index contributed by atoms with van der Waals surface area (Å²) in [5.41, 5.74) is 3.71. The van der Waals surface area contributed by atoms with Gasteiger partial charge in [-0.2, -0.15) is 0 Å². The predicted octanol–water partition coefficient (Wildman–Crippen LogP) is 5.52. The van der Waals surface area contributed by atoms with Gasteiger partial charge in [-0.25, -0.2) is 0 Å². The van der Waals surface area contributed by atoms with Crippen LogP contribution < -0.4 is 0 Å². The first-order valence-electron chi connectivity index (χ1n) is 8.06. The molecule has 23 heavy (non-hydrogen) atoms. The Bertz CT molecular complexity index is 1200. The van der Waals surface area contributed by atoms with Gasteiger partial charge < -0.3 is 4.57 Å². The maximum Gasteiger partial charge on any atom is 0.0788 e. The lowest BCUT2D eigenvalue weighted by Crippen LogP contribution is -1.94. The van der Waals surface area contributed by atoms with Gasteiger partial charge >= 0.3 is 0 Å². The summed E-state index contributed by atoms with van der Waals surface area (Å²) in [6.45, 7) is 3.17. The SMILES string of the molecule is CCn1c2ccccc2c2c3cccnc3c3ccccc3c21. The molecule has 5 rings (SSSR count). The molecule has 3 aromatic carbocycles. The Balaban J connectivity index is 2.26. The first-order chi connectivity index (χ1) is 11.4. The van der Waals surface area contributed by atoms with Crippen molar-refractivity contribution >= 4 is 43.5 Å². The summed E-state index contributed by atoms with van der Waals surface area (Å²) in [5.74, 6) is 0. The van der Waals surface area contributed by atoms with Crippen molar-refractivity contribution in [2.45, 2.75) is 13.5 Å². The number of para-hydroxylation sites is 1. The minimum Gasteiger partial charge on any atom is -0.340 e. The average molecular weight is 296 g/mol. The number of pyridine rings is 1. The lowest BCUT2D eigenvalue weighted by Gasteiger charge is -2.09. The molecule has 2 heterocycles. The molecule has 0 radical (unpaired) electrons. The van der Waals surface area contributed by atoms with Gasteiger partial charge in [0.2, 0.25) is 0 Å². The summed E-state index contributed by atoms with van der Waals surface area (Å²) in [6, 6.07) is 21.5. The normalized spacial score (nSPS) is 11.9. The third-order valence-electron chi connectivity index (χ3n) is 4.80. The first-order valence-corrected chi connectivity index (χ1v) is 8.06. The van der Waals surface area contributed by atoms with Crippen LogP contribution in [0.1, 0.15) is 6.92 Å². The zero-order valence-electron chi connectivity index (χ0n) is 13.0. The van der Waals surface area contributed by atoms with E-state index in [1.807, 2.05) is 12.3 Å². The molecule has 2 aromatic heterocycles. The second kappa shape index (κ2) is 4.56. The van der Waals surface area contributed by atoms with Crippen molar-refractivity contribution in [3.63, 3.8) is 0 Å². The van der Waals surface area contributed by atoms with Gasteiger partial charge in [0.05, 0.1) is 11.0 Å². The molecule has 2 heteroatoms. The minimum atomic E-state index is 0.958. The quantitative estimate of drug-likeness (QED) is 0.373. The van der Waals surface area contributed by atoms with Crippen LogP contribution in [0.3, 0.4) is 0 Å². The van der Waals surface area contributed by atoms with Gasteiger partial charge in [-0.05, 0) is 19.1 Å². The summed E-state index contributed by atoms with van der Waals surface area (Å²) >= 11 is 0. The molecule has 0 saturated heterocycles. The van der Waals surface area contributed by atoms with E-state index in [0.29, 0.717) is 0 Å². The second-order valence-corrected chi connectivity index (χ2v) is 5.93. The maximum atomic E-state index is 4.69. The number of benzene rings is 3. The maximum absolute atomic E-state index is 4.69. The minimum absolute atomic E-state index is 0.958. The van der Waals surface area contributed by atoms with Gasteiger partial charge in [0.1, 0.15) is 0 Å². The number of aryl methyl sites for hydroxylation is 1. The molecule has 5 aromatic rings. The molecule has 0 aliphatic heterocycles. The third-order valence-corrected chi connectivity index (χ3v) is 4.80. The molecule has 0 bridgehead atoms. The second-order valence-electron chi connectivity index (χ2n) is 5.93. The average Bonchev–Trinajstić information content (AvgIpc) is 2.97. The molecule has 0 atom stereocenters. The molecule has 0 saturated carbocycles. The van der Waals surface area contributed by atoms with E-state index in [1.165, 1.54) is 38.0 Å². The lowest BCUT2D eigenvalue weighted by atomic mass is 10.00. The Labute approximate surface area is 134 Å². The largest absolute Gasteiger partial charge is 0.340 e. The Kier molecular flexibility index (Phi) is 2.51. The van der Waals surface area contributed by atoms with Crippen LogP contribution in [0, 0.1) is 0 Å². The van der Waals surface area contributed by atoms with Crippen LogP contribution in [0.25, 0.3) is 43.5 Å². The highest BCUT2D eigenvalue weighted by Gasteiger charge is 2.16. The molecule has 0 amide bonds. The van der Waals surface area contributed by atoms with Gasteiger partial charge in [0, 0.05) is 45.2 Å². The van der Waals surface area contributed by atoms with E-state index in [-0.39, 0.29) is 0 Å². The van der Waals surface area contributed by atoms with Crippen LogP contribution in [0.5, 0.6) is 0 Å². The van der Waals surface area contributed by atoms with Crippen molar-refractivity contribution in [1.82, 2.24) is 9.55 Å². The van der Waals surface area contributed by atoms with Crippen LogP contribution in [0.2, 0.25) is 0 Å². The number of rotatable bonds is 1. The molecule has 2 nitrogen and oxygen atoms in total. The molecule has 0 aliphatic carbocycles. The van der Waals surface area contributed by atoms with Crippen molar-refractivity contribution in [3.05, 3.63) is 66.9 Å². The zero-order chi connectivity index (χ0) is 15.4. The standard InChI is InChI=1S/C21H16N2/c1-2-23-18-12-6-5-10-16(18)19-17-11-7-13-22-20(17)14-8-3-4-9-15(14)21(19)23/h3-13H,2H2,1H3. The number of fused-ring (bicyclic) bond motifs is 8. The van der Waals surface area contributed by atoms with Crippen molar-refractivity contribution in [2.24, 2.45) is 0 Å². The van der Waals surface area contributed by atoms with Crippen LogP contribution in [-0.2, 0) is 6.54 Å². The number of nitrogens with zero attached hydrogens (tertiary/aromatic N) is 2. The Morgan fingerprint density at radius 3 is 2.30 bits per heavy atom. The predicted molar refractivity (Wildman–Crippen MR) is 97.9 cm³/mol. The van der Waals surface area contributed by atoms with Crippen molar-refractivity contribution in [2.75, 3.05) is 0 Å². The van der Waals surface area contributed by atoms with E-state index in [4.69, 9.17) is 4.98 Å². The van der Waals surface area contributed by atoms with E-state index < -0.39 is 0 Å². The van der Waals surface area contributed by atoms with Crippen molar-refractivity contribution in [3.8, 4) is 0 Å². The van der Waals surface area contributed by atoms with Gasteiger partial charge in [-0.1, -0.05) is 48.5 Å².